The number of fused-ring (bicyclic) bond motifs is 1. The third-order valence-corrected chi connectivity index (χ3v) is 3.99. The maximum atomic E-state index is 5.35. The maximum Gasteiger partial charge on any atom is 0.198 e. The molecule has 20 heavy (non-hydrogen) atoms. The predicted octanol–water partition coefficient (Wildman–Crippen LogP) is 1.13. The van der Waals surface area contributed by atoms with E-state index in [9.17, 15) is 0 Å². The highest BCUT2D eigenvalue weighted by Gasteiger charge is 2.14. The van der Waals surface area contributed by atoms with Gasteiger partial charge < -0.3 is 14.5 Å². The van der Waals surface area contributed by atoms with E-state index in [1.54, 1.807) is 7.11 Å². The molecule has 2 aromatic heterocycles. The fourth-order valence-corrected chi connectivity index (χ4v) is 2.67. The zero-order chi connectivity index (χ0) is 13.9. The average Bonchev–Trinajstić information content (AvgIpc) is 2.89. The molecule has 0 unspecified atom stereocenters. The number of hydrogen-bond acceptors (Lipinski definition) is 4. The van der Waals surface area contributed by atoms with E-state index in [1.165, 1.54) is 13.1 Å². The molecule has 1 aliphatic heterocycles. The molecule has 0 atom stereocenters. The molecule has 0 aromatic carbocycles. The van der Waals surface area contributed by atoms with Crippen molar-refractivity contribution in [1.29, 1.82) is 0 Å². The van der Waals surface area contributed by atoms with Crippen LogP contribution in [0.3, 0.4) is 0 Å². The zero-order valence-corrected chi connectivity index (χ0v) is 12.2. The number of methoxy groups -OCH3 is 1. The molecule has 1 aliphatic rings. The van der Waals surface area contributed by atoms with Crippen LogP contribution in [-0.4, -0.2) is 66.1 Å². The lowest BCUT2D eigenvalue weighted by molar-refractivity contribution is 0.155. The number of ether oxygens (including phenoxy) is 1. The van der Waals surface area contributed by atoms with Crippen molar-refractivity contribution in [3.8, 4) is 5.88 Å². The van der Waals surface area contributed by atoms with Crippen LogP contribution in [-0.2, 0) is 6.42 Å². The van der Waals surface area contributed by atoms with E-state index in [2.05, 4.69) is 28.0 Å². The topological polar surface area (TPSA) is 33.0 Å². The Morgan fingerprint density at radius 1 is 1.20 bits per heavy atom. The fraction of sp³-hybridized carbons (Fsp3) is 0.533. The number of hydrogen-bond donors (Lipinski definition) is 0. The first-order valence-corrected chi connectivity index (χ1v) is 7.18. The minimum absolute atomic E-state index is 0.834. The van der Waals surface area contributed by atoms with Crippen LogP contribution in [0.5, 0.6) is 5.88 Å². The fourth-order valence-electron chi connectivity index (χ4n) is 2.67. The van der Waals surface area contributed by atoms with Gasteiger partial charge in [0.2, 0.25) is 0 Å². The summed E-state index contributed by atoms with van der Waals surface area (Å²) in [7, 11) is 3.88. The van der Waals surface area contributed by atoms with Crippen LogP contribution in [0.4, 0.5) is 0 Å². The van der Waals surface area contributed by atoms with E-state index in [1.807, 2.05) is 22.6 Å². The van der Waals surface area contributed by atoms with E-state index < -0.39 is 0 Å². The summed E-state index contributed by atoms with van der Waals surface area (Å²) < 4.78 is 7.37. The van der Waals surface area contributed by atoms with Gasteiger partial charge in [-0.05, 0) is 19.2 Å². The molecule has 3 heterocycles. The maximum absolute atomic E-state index is 5.35. The van der Waals surface area contributed by atoms with E-state index in [4.69, 9.17) is 4.74 Å². The van der Waals surface area contributed by atoms with Crippen LogP contribution >= 0.6 is 0 Å². The number of imidazole rings is 1. The van der Waals surface area contributed by atoms with Crippen molar-refractivity contribution in [3.63, 3.8) is 0 Å². The number of nitrogens with zero attached hydrogens (tertiary/aromatic N) is 4. The summed E-state index contributed by atoms with van der Waals surface area (Å²) in [5.41, 5.74) is 2.09. The molecule has 0 spiro atoms. The highest BCUT2D eigenvalue weighted by atomic mass is 16.5. The Morgan fingerprint density at radius 2 is 2.00 bits per heavy atom. The summed E-state index contributed by atoms with van der Waals surface area (Å²) in [4.78, 5) is 9.56. The summed E-state index contributed by atoms with van der Waals surface area (Å²) in [6, 6.07) is 5.95. The lowest BCUT2D eigenvalue weighted by Crippen LogP contribution is -2.45. The summed E-state index contributed by atoms with van der Waals surface area (Å²) in [6.07, 6.45) is 3.08. The number of likely N-dealkylation sites (N-methyl/N-ethyl adjacent to an activating group) is 1. The van der Waals surface area contributed by atoms with Gasteiger partial charge in [0.1, 0.15) is 5.65 Å². The second kappa shape index (κ2) is 5.81. The lowest BCUT2D eigenvalue weighted by Gasteiger charge is -2.32. The van der Waals surface area contributed by atoms with Crippen molar-refractivity contribution in [2.24, 2.45) is 0 Å². The van der Waals surface area contributed by atoms with Crippen LogP contribution in [0.25, 0.3) is 5.65 Å². The molecular formula is C15H22N4O. The van der Waals surface area contributed by atoms with Crippen molar-refractivity contribution in [2.45, 2.75) is 6.42 Å². The SMILES string of the molecule is COc1cccc2nc(CCN3CCN(C)CC3)cn12. The third-order valence-electron chi connectivity index (χ3n) is 3.99. The quantitative estimate of drug-likeness (QED) is 0.837. The standard InChI is InChI=1S/C15H22N4O/c1-17-8-10-18(11-9-17)7-6-13-12-19-14(16-13)4-3-5-15(19)20-2/h3-5,12H,6-11H2,1-2H3. The van der Waals surface area contributed by atoms with E-state index >= 15 is 0 Å². The van der Waals surface area contributed by atoms with Crippen molar-refractivity contribution >= 4 is 5.65 Å². The smallest absolute Gasteiger partial charge is 0.198 e. The van der Waals surface area contributed by atoms with Gasteiger partial charge in [0.15, 0.2) is 5.88 Å². The van der Waals surface area contributed by atoms with Crippen LogP contribution < -0.4 is 4.74 Å². The molecular weight excluding hydrogens is 252 g/mol. The van der Waals surface area contributed by atoms with E-state index in [0.717, 1.165) is 43.3 Å². The van der Waals surface area contributed by atoms with Gasteiger partial charge in [0.25, 0.3) is 0 Å². The van der Waals surface area contributed by atoms with Gasteiger partial charge >= 0.3 is 0 Å². The summed E-state index contributed by atoms with van der Waals surface area (Å²) >= 11 is 0. The number of pyridine rings is 1. The van der Waals surface area contributed by atoms with Gasteiger partial charge in [-0.25, -0.2) is 4.98 Å². The second-order valence-electron chi connectivity index (χ2n) is 5.42. The molecule has 0 aliphatic carbocycles. The number of aromatic nitrogens is 2. The molecule has 0 bridgehead atoms. The van der Waals surface area contributed by atoms with Crippen LogP contribution in [0.1, 0.15) is 5.69 Å². The monoisotopic (exact) mass is 274 g/mol. The Kier molecular flexibility index (Phi) is 3.89. The molecule has 108 valence electrons. The number of rotatable bonds is 4. The minimum Gasteiger partial charge on any atom is -0.482 e. The molecule has 2 aromatic rings. The van der Waals surface area contributed by atoms with Gasteiger partial charge in [-0.3, -0.25) is 4.40 Å². The van der Waals surface area contributed by atoms with Crippen molar-refractivity contribution in [3.05, 3.63) is 30.1 Å². The van der Waals surface area contributed by atoms with Gasteiger partial charge in [-0.1, -0.05) is 6.07 Å². The highest BCUT2D eigenvalue weighted by Crippen LogP contribution is 2.15. The average molecular weight is 274 g/mol. The predicted molar refractivity (Wildman–Crippen MR) is 79.4 cm³/mol. The van der Waals surface area contributed by atoms with Gasteiger partial charge in [0.05, 0.1) is 12.8 Å². The Bertz CT molecular complexity index is 572. The Labute approximate surface area is 119 Å². The first-order valence-electron chi connectivity index (χ1n) is 7.18. The minimum atomic E-state index is 0.834. The molecule has 0 radical (unpaired) electrons. The first-order chi connectivity index (χ1) is 9.76. The van der Waals surface area contributed by atoms with Gasteiger partial charge in [-0.15, -0.1) is 0 Å². The molecule has 0 amide bonds. The number of piperazine rings is 1. The zero-order valence-electron chi connectivity index (χ0n) is 12.2. The van der Waals surface area contributed by atoms with Crippen LogP contribution in [0.15, 0.2) is 24.4 Å². The normalized spacial score (nSPS) is 17.7. The summed E-state index contributed by atoms with van der Waals surface area (Å²) in [5, 5.41) is 0. The van der Waals surface area contributed by atoms with Crippen molar-refractivity contribution < 1.29 is 4.74 Å². The van der Waals surface area contributed by atoms with Crippen LogP contribution in [0, 0.1) is 0 Å². The molecule has 1 saturated heterocycles. The molecule has 5 heteroatoms. The second-order valence-corrected chi connectivity index (χ2v) is 5.42. The van der Waals surface area contributed by atoms with Gasteiger partial charge in [0, 0.05) is 45.3 Å². The summed E-state index contributed by atoms with van der Waals surface area (Å²) in [5.74, 6) is 0.834. The highest BCUT2D eigenvalue weighted by molar-refractivity contribution is 5.43. The Morgan fingerprint density at radius 3 is 2.75 bits per heavy atom. The van der Waals surface area contributed by atoms with E-state index in [-0.39, 0.29) is 0 Å². The Hall–Kier alpha value is -1.59. The van der Waals surface area contributed by atoms with Gasteiger partial charge in [-0.2, -0.15) is 0 Å². The Balaban J connectivity index is 1.66. The van der Waals surface area contributed by atoms with E-state index in [0.29, 0.717) is 0 Å². The third kappa shape index (κ3) is 2.78. The molecule has 0 N–H and O–H groups in total. The van der Waals surface area contributed by atoms with Crippen molar-refractivity contribution in [2.75, 3.05) is 46.9 Å². The largest absolute Gasteiger partial charge is 0.482 e. The molecule has 1 fully saturated rings. The molecule has 5 nitrogen and oxygen atoms in total. The summed E-state index contributed by atoms with van der Waals surface area (Å²) in [6.45, 7) is 5.73. The lowest BCUT2D eigenvalue weighted by atomic mass is 10.2. The molecule has 3 rings (SSSR count). The van der Waals surface area contributed by atoms with Crippen LogP contribution in [0.2, 0.25) is 0 Å². The molecule has 0 saturated carbocycles. The first kappa shape index (κ1) is 13.4. The van der Waals surface area contributed by atoms with Crippen molar-refractivity contribution in [1.82, 2.24) is 19.2 Å².